The van der Waals surface area contributed by atoms with Crippen LogP contribution in [0.5, 0.6) is 0 Å². The van der Waals surface area contributed by atoms with E-state index in [0.29, 0.717) is 0 Å². The molecule has 0 fully saturated rings. The Bertz CT molecular complexity index is 318. The molecule has 0 aliphatic rings. The molecular formula is C8H21O7PSZn. The van der Waals surface area contributed by atoms with Gasteiger partial charge in [0.05, 0.1) is 0 Å². The van der Waals surface area contributed by atoms with Gasteiger partial charge in [-0.1, -0.05) is 0 Å². The van der Waals surface area contributed by atoms with Gasteiger partial charge in [0, 0.05) is 0 Å². The van der Waals surface area contributed by atoms with Gasteiger partial charge >= 0.3 is 95.3 Å². The first-order valence-electron chi connectivity index (χ1n) is 5.79. The van der Waals surface area contributed by atoms with Crippen LogP contribution in [0.4, 0.5) is 0 Å². The average Bonchev–Trinajstić information content (AvgIpc) is 2.12. The molecule has 0 aliphatic carbocycles. The van der Waals surface area contributed by atoms with Crippen LogP contribution in [-0.2, 0) is 28.6 Å². The summed E-state index contributed by atoms with van der Waals surface area (Å²) >= 11 is -1.67. The van der Waals surface area contributed by atoms with E-state index in [2.05, 4.69) is 6.92 Å². The topological polar surface area (TPSA) is 132 Å². The predicted molar refractivity (Wildman–Crippen MR) is 64.0 cm³/mol. The van der Waals surface area contributed by atoms with Crippen molar-refractivity contribution in [2.45, 2.75) is 50.5 Å². The van der Waals surface area contributed by atoms with E-state index in [0.717, 1.165) is 17.9 Å². The summed E-state index contributed by atoms with van der Waals surface area (Å²) in [6, 6.07) is 0. The van der Waals surface area contributed by atoms with Gasteiger partial charge in [-0.2, -0.15) is 0 Å². The van der Waals surface area contributed by atoms with E-state index in [1.165, 1.54) is 25.7 Å². The third-order valence-electron chi connectivity index (χ3n) is 2.01. The van der Waals surface area contributed by atoms with E-state index < -0.39 is 31.8 Å². The van der Waals surface area contributed by atoms with Crippen LogP contribution >= 0.6 is 7.82 Å². The summed E-state index contributed by atoms with van der Waals surface area (Å²) < 4.78 is 38.2. The zero-order valence-electron chi connectivity index (χ0n) is 10.5. The number of hydrogen-bond acceptors (Lipinski definition) is 3. The van der Waals surface area contributed by atoms with Crippen molar-refractivity contribution >= 4 is 15.9 Å². The Hall–Kier alpha value is 0.643. The van der Waals surface area contributed by atoms with Gasteiger partial charge in [-0.3, -0.25) is 0 Å². The minimum absolute atomic E-state index is 0.776. The van der Waals surface area contributed by atoms with Crippen molar-refractivity contribution in [3.05, 3.63) is 0 Å². The number of hydrogen-bond donors (Lipinski definition) is 4. The van der Waals surface area contributed by atoms with Crippen LogP contribution < -0.4 is 0 Å². The smallest absolute Gasteiger partial charge is 0.303 e. The minimum atomic E-state index is -4.64. The molecule has 4 N–H and O–H groups in total. The fraction of sp³-hybridized carbons (Fsp3) is 1.00. The molecule has 0 saturated heterocycles. The van der Waals surface area contributed by atoms with Gasteiger partial charge in [0.15, 0.2) is 0 Å². The maximum Gasteiger partial charge on any atom is 0.466 e. The number of unbranched alkanes of at least 4 members (excludes halogenated alkanes) is 5. The average molecular weight is 358 g/mol. The molecule has 0 spiro atoms. The molecule has 7 nitrogen and oxygen atoms in total. The summed E-state index contributed by atoms with van der Waals surface area (Å²) in [7, 11) is -8.17. The first kappa shape index (κ1) is 21.0. The molecule has 0 aromatic carbocycles. The van der Waals surface area contributed by atoms with Gasteiger partial charge in [0.2, 0.25) is 0 Å². The van der Waals surface area contributed by atoms with Crippen LogP contribution in [0.25, 0.3) is 0 Å². The van der Waals surface area contributed by atoms with Crippen molar-refractivity contribution in [2.75, 3.05) is 0 Å². The molecule has 0 aromatic rings. The second kappa shape index (κ2) is 11.5. The van der Waals surface area contributed by atoms with Gasteiger partial charge in [-0.25, -0.2) is 4.57 Å². The minimum Gasteiger partial charge on any atom is -0.303 e. The van der Waals surface area contributed by atoms with Crippen molar-refractivity contribution in [2.24, 2.45) is 0 Å². The van der Waals surface area contributed by atoms with Gasteiger partial charge in [-0.15, -0.1) is 0 Å². The maximum absolute atomic E-state index is 10.4. The Balaban J connectivity index is 0. The molecule has 0 saturated carbocycles. The summed E-state index contributed by atoms with van der Waals surface area (Å²) in [5.41, 5.74) is 0. The summed E-state index contributed by atoms with van der Waals surface area (Å²) in [5, 5.41) is 0.776. The molecule has 0 bridgehead atoms. The van der Waals surface area contributed by atoms with Crippen LogP contribution in [0.1, 0.15) is 45.4 Å². The molecule has 0 aromatic heterocycles. The predicted octanol–water partition coefficient (Wildman–Crippen LogP) is 1.72. The molecule has 18 heavy (non-hydrogen) atoms. The van der Waals surface area contributed by atoms with E-state index in [1.807, 2.05) is 0 Å². The monoisotopic (exact) mass is 356 g/mol. The normalized spacial score (nSPS) is 11.4. The molecular weight excluding hydrogens is 337 g/mol. The zero-order chi connectivity index (χ0) is 14.7. The first-order chi connectivity index (χ1) is 8.06. The molecule has 0 amide bonds. The molecule has 0 atom stereocenters. The standard InChI is InChI=1S/C8H17.H3O4P.HO3S.Zn/c1-3-5-7-8-6-4-2;1-5(2,3)4;1-4(2)3;/h1,3-8H2,2H3;(H3,1,2,3,4);(H,1,2,3);. The van der Waals surface area contributed by atoms with Crippen LogP contribution in [0, 0.1) is 0 Å². The van der Waals surface area contributed by atoms with Crippen molar-refractivity contribution < 1.29 is 48.1 Å². The summed E-state index contributed by atoms with van der Waals surface area (Å²) in [5.74, 6) is 0. The van der Waals surface area contributed by atoms with E-state index >= 15 is 0 Å². The van der Waals surface area contributed by atoms with E-state index in [9.17, 15) is 8.42 Å². The quantitative estimate of drug-likeness (QED) is 0.225. The van der Waals surface area contributed by atoms with Crippen LogP contribution in [0.2, 0.25) is 5.02 Å². The fourth-order valence-corrected chi connectivity index (χ4v) is 6.13. The van der Waals surface area contributed by atoms with Crippen LogP contribution in [-0.4, -0.2) is 27.7 Å². The third-order valence-corrected chi connectivity index (χ3v) is 8.92. The largest absolute Gasteiger partial charge is 0.466 e. The molecule has 0 aliphatic heterocycles. The number of rotatable bonds is 8. The van der Waals surface area contributed by atoms with E-state index in [1.54, 1.807) is 0 Å². The molecule has 10 heteroatoms. The molecule has 0 heterocycles. The van der Waals surface area contributed by atoms with Crippen molar-refractivity contribution in [1.29, 1.82) is 0 Å². The number of phosphoric acid groups is 1. The Labute approximate surface area is 114 Å². The van der Waals surface area contributed by atoms with Gasteiger partial charge in [-0.05, 0) is 0 Å². The zero-order valence-corrected chi connectivity index (χ0v) is 15.2. The fourth-order valence-electron chi connectivity index (χ4n) is 1.24. The van der Waals surface area contributed by atoms with Crippen LogP contribution in [0.3, 0.4) is 0 Å². The van der Waals surface area contributed by atoms with Gasteiger partial charge < -0.3 is 14.7 Å². The second-order valence-electron chi connectivity index (χ2n) is 3.92. The second-order valence-corrected chi connectivity index (χ2v) is 15.2. The SMILES string of the molecule is CCCCCCC[CH2][Zn][S](=O)(=O)O.O=P(O)(O)O. The summed E-state index contributed by atoms with van der Waals surface area (Å²) in [4.78, 5) is 21.6. The third kappa shape index (κ3) is 36.0. The Morgan fingerprint density at radius 3 is 1.78 bits per heavy atom. The van der Waals surface area contributed by atoms with Gasteiger partial charge in [0.25, 0.3) is 0 Å². The molecule has 0 rings (SSSR count). The van der Waals surface area contributed by atoms with E-state index in [4.69, 9.17) is 23.8 Å². The summed E-state index contributed by atoms with van der Waals surface area (Å²) in [6.07, 6.45) is 7.10. The van der Waals surface area contributed by atoms with Crippen molar-refractivity contribution in [3.8, 4) is 0 Å². The summed E-state index contributed by atoms with van der Waals surface area (Å²) in [6.45, 7) is 2.17. The Kier molecular flexibility index (Phi) is 13.3. The maximum atomic E-state index is 10.4. The Morgan fingerprint density at radius 2 is 1.39 bits per heavy atom. The molecule has 0 radical (unpaired) electrons. The van der Waals surface area contributed by atoms with Crippen molar-refractivity contribution in [1.82, 2.24) is 0 Å². The molecule has 108 valence electrons. The molecule has 0 unspecified atom stereocenters. The first-order valence-corrected chi connectivity index (χ1v) is 14.7. The van der Waals surface area contributed by atoms with Crippen molar-refractivity contribution in [3.63, 3.8) is 0 Å². The van der Waals surface area contributed by atoms with E-state index in [-0.39, 0.29) is 0 Å². The van der Waals surface area contributed by atoms with Gasteiger partial charge in [0.1, 0.15) is 0 Å². The van der Waals surface area contributed by atoms with Crippen LogP contribution in [0.15, 0.2) is 0 Å². The Morgan fingerprint density at radius 1 is 1.00 bits per heavy atom.